The van der Waals surface area contributed by atoms with Crippen LogP contribution in [0, 0.1) is 0 Å². The Morgan fingerprint density at radius 2 is 0.500 bits per heavy atom. The molecule has 0 rings (SSSR count). The van der Waals surface area contributed by atoms with Crippen LogP contribution in [0.3, 0.4) is 0 Å². The molecule has 0 bridgehead atoms. The fourth-order valence-electron chi connectivity index (χ4n) is 0. The maximum absolute atomic E-state index is 0. The Balaban J connectivity index is 0. The van der Waals surface area contributed by atoms with Crippen LogP contribution in [0.25, 0.3) is 0 Å². The van der Waals surface area contributed by atoms with E-state index in [1.54, 1.807) is 0 Å². The first kappa shape index (κ1) is 28.5. The van der Waals surface area contributed by atoms with Crippen molar-refractivity contribution < 1.29 is 61.3 Å². The number of hydrogen-bond acceptors (Lipinski definition) is 0. The number of rotatable bonds is 0. The molecular formula is PbPd3. The van der Waals surface area contributed by atoms with Crippen molar-refractivity contribution in [2.45, 2.75) is 0 Å². The molecule has 34 valence electrons. The van der Waals surface area contributed by atoms with Crippen LogP contribution in [-0.4, -0.2) is 27.3 Å². The predicted octanol–water partition coefficient (Wildman–Crippen LogP) is -0.388. The van der Waals surface area contributed by atoms with Gasteiger partial charge in [-0.2, -0.15) is 0 Å². The molecule has 0 aromatic rings. The molecule has 0 fully saturated rings. The van der Waals surface area contributed by atoms with Gasteiger partial charge in [-0.1, -0.05) is 0 Å². The average Bonchev–Trinajstić information content (AvgIpc) is 0. The van der Waals surface area contributed by atoms with Gasteiger partial charge >= 0.3 is 0 Å². The molecule has 0 aliphatic carbocycles. The van der Waals surface area contributed by atoms with E-state index >= 15 is 0 Å². The van der Waals surface area contributed by atoms with E-state index in [0.717, 1.165) is 0 Å². The molecule has 0 saturated heterocycles. The Labute approximate surface area is 87.0 Å². The Hall–Kier alpha value is 2.91. The third-order valence-electron chi connectivity index (χ3n) is 0. The van der Waals surface area contributed by atoms with Crippen molar-refractivity contribution in [3.63, 3.8) is 0 Å². The Bertz CT molecular complexity index is 3.25. The molecule has 0 atom stereocenters. The minimum absolute atomic E-state index is 0. The summed E-state index contributed by atoms with van der Waals surface area (Å²) >= 11 is 0. The first-order valence-corrected chi connectivity index (χ1v) is 0. The fraction of sp³-hybridized carbons (Fsp3) is 0. The molecule has 0 spiro atoms. The van der Waals surface area contributed by atoms with Gasteiger partial charge in [-0.3, -0.25) is 0 Å². The van der Waals surface area contributed by atoms with Crippen LogP contribution in [0.4, 0.5) is 0 Å². The molecule has 0 N–H and O–H groups in total. The van der Waals surface area contributed by atoms with Crippen molar-refractivity contribution in [1.82, 2.24) is 0 Å². The van der Waals surface area contributed by atoms with Gasteiger partial charge in [0.05, 0.1) is 0 Å². The molecular weight excluding hydrogens is 526 g/mol. The van der Waals surface area contributed by atoms with Crippen molar-refractivity contribution >= 4 is 27.3 Å². The molecule has 4 heteroatoms. The second-order valence-corrected chi connectivity index (χ2v) is 0. The summed E-state index contributed by atoms with van der Waals surface area (Å²) in [4.78, 5) is 0. The van der Waals surface area contributed by atoms with Crippen LogP contribution in [0.1, 0.15) is 0 Å². The molecule has 4 radical (unpaired) electrons. The number of hydrogen-bond donors (Lipinski definition) is 0. The van der Waals surface area contributed by atoms with Crippen molar-refractivity contribution in [3.8, 4) is 0 Å². The van der Waals surface area contributed by atoms with Crippen molar-refractivity contribution in [2.24, 2.45) is 0 Å². The van der Waals surface area contributed by atoms with Crippen LogP contribution >= 0.6 is 0 Å². The third kappa shape index (κ3) is 8.86. The average molecular weight is 526 g/mol. The smallest absolute Gasteiger partial charge is 0 e. The summed E-state index contributed by atoms with van der Waals surface area (Å²) in [6, 6.07) is 0. The standard InChI is InChI=1S/Pb.3Pd. The maximum atomic E-state index is 0. The zero-order valence-corrected chi connectivity index (χ0v) is 10.00. The van der Waals surface area contributed by atoms with Gasteiger partial charge in [-0.15, -0.1) is 0 Å². The van der Waals surface area contributed by atoms with Crippen molar-refractivity contribution in [1.29, 1.82) is 0 Å². The van der Waals surface area contributed by atoms with Crippen molar-refractivity contribution in [3.05, 3.63) is 0 Å². The van der Waals surface area contributed by atoms with Gasteiger partial charge in [-0.05, 0) is 0 Å². The van der Waals surface area contributed by atoms with Gasteiger partial charge in [0.15, 0.2) is 0 Å². The molecule has 4 heavy (non-hydrogen) atoms. The SMILES string of the molecule is [Pb].[Pd].[Pd].[Pd]. The Morgan fingerprint density at radius 1 is 0.500 bits per heavy atom. The zero-order valence-electron chi connectivity index (χ0n) is 1.45. The van der Waals surface area contributed by atoms with Crippen LogP contribution in [0.5, 0.6) is 0 Å². The van der Waals surface area contributed by atoms with Crippen LogP contribution in [-0.2, 0) is 61.3 Å². The normalized spacial score (nSPS) is 0. The topological polar surface area (TPSA) is 0 Å². The van der Waals surface area contributed by atoms with Crippen LogP contribution < -0.4 is 0 Å². The molecule has 0 unspecified atom stereocenters. The zero-order chi connectivity index (χ0) is 0. The summed E-state index contributed by atoms with van der Waals surface area (Å²) in [5, 5.41) is 0. The van der Waals surface area contributed by atoms with E-state index in [2.05, 4.69) is 0 Å². The van der Waals surface area contributed by atoms with Gasteiger partial charge < -0.3 is 0 Å². The third-order valence-corrected chi connectivity index (χ3v) is 0. The molecule has 0 aliphatic heterocycles. The second-order valence-electron chi connectivity index (χ2n) is 0. The van der Waals surface area contributed by atoms with E-state index in [-0.39, 0.29) is 88.6 Å². The molecule has 0 nitrogen and oxygen atoms in total. The molecule has 0 saturated carbocycles. The summed E-state index contributed by atoms with van der Waals surface area (Å²) in [5.74, 6) is 0. The first-order valence-electron chi connectivity index (χ1n) is 0. The minimum Gasteiger partial charge on any atom is 0 e. The van der Waals surface area contributed by atoms with E-state index in [4.69, 9.17) is 0 Å². The molecule has 0 aromatic carbocycles. The molecule has 0 heterocycles. The maximum Gasteiger partial charge on any atom is 0 e. The Kier molecular flexibility index (Phi) is 120. The summed E-state index contributed by atoms with van der Waals surface area (Å²) in [6.07, 6.45) is 0. The first-order chi connectivity index (χ1) is 0. The van der Waals surface area contributed by atoms with E-state index in [1.165, 1.54) is 0 Å². The fourth-order valence-corrected chi connectivity index (χ4v) is 0. The van der Waals surface area contributed by atoms with Gasteiger partial charge in [0, 0.05) is 88.6 Å². The molecule has 0 amide bonds. The van der Waals surface area contributed by atoms with E-state index < -0.39 is 0 Å². The van der Waals surface area contributed by atoms with Gasteiger partial charge in [0.2, 0.25) is 0 Å². The quantitative estimate of drug-likeness (QED) is 0.378. The largest absolute Gasteiger partial charge is 0 e. The van der Waals surface area contributed by atoms with Gasteiger partial charge in [0.1, 0.15) is 0 Å². The van der Waals surface area contributed by atoms with Gasteiger partial charge in [-0.25, -0.2) is 0 Å². The summed E-state index contributed by atoms with van der Waals surface area (Å²) < 4.78 is 0. The molecule has 0 aliphatic rings. The van der Waals surface area contributed by atoms with Crippen LogP contribution in [0.2, 0.25) is 0 Å². The predicted molar refractivity (Wildman–Crippen MR) is 5.75 cm³/mol. The Morgan fingerprint density at radius 3 is 0.500 bits per heavy atom. The molecule has 0 aromatic heterocycles. The van der Waals surface area contributed by atoms with E-state index in [0.29, 0.717) is 0 Å². The monoisotopic (exact) mass is 526 g/mol. The summed E-state index contributed by atoms with van der Waals surface area (Å²) in [7, 11) is 0. The minimum atomic E-state index is 0. The van der Waals surface area contributed by atoms with Crippen molar-refractivity contribution in [2.75, 3.05) is 0 Å². The van der Waals surface area contributed by atoms with E-state index in [9.17, 15) is 0 Å². The summed E-state index contributed by atoms with van der Waals surface area (Å²) in [6.45, 7) is 0. The van der Waals surface area contributed by atoms with Gasteiger partial charge in [0.25, 0.3) is 0 Å². The van der Waals surface area contributed by atoms with E-state index in [1.807, 2.05) is 0 Å². The van der Waals surface area contributed by atoms with Crippen LogP contribution in [0.15, 0.2) is 0 Å². The summed E-state index contributed by atoms with van der Waals surface area (Å²) in [5.41, 5.74) is 0. The second kappa shape index (κ2) is 16.8.